The SMILES string of the molecule is COc1ccc2c(C(=O)CCNC(=O)c3ccncc3)noc2c1. The number of pyridine rings is 1. The minimum atomic E-state index is -0.250. The van der Waals surface area contributed by atoms with Gasteiger partial charge in [-0.3, -0.25) is 14.6 Å². The number of aromatic nitrogens is 2. The summed E-state index contributed by atoms with van der Waals surface area (Å²) in [6, 6.07) is 8.35. The summed E-state index contributed by atoms with van der Waals surface area (Å²) in [7, 11) is 1.55. The van der Waals surface area contributed by atoms with Gasteiger partial charge in [0.15, 0.2) is 17.1 Å². The third-order valence-electron chi connectivity index (χ3n) is 3.52. The summed E-state index contributed by atoms with van der Waals surface area (Å²) in [5.74, 6) is 0.177. The van der Waals surface area contributed by atoms with Crippen LogP contribution in [0.2, 0.25) is 0 Å². The number of rotatable bonds is 6. The Balaban J connectivity index is 1.62. The Hall–Kier alpha value is -3.22. The van der Waals surface area contributed by atoms with E-state index in [9.17, 15) is 9.59 Å². The number of ketones is 1. The van der Waals surface area contributed by atoms with Gasteiger partial charge < -0.3 is 14.6 Å². The highest BCUT2D eigenvalue weighted by atomic mass is 16.5. The first-order valence-corrected chi connectivity index (χ1v) is 7.34. The number of nitrogens with zero attached hydrogens (tertiary/aromatic N) is 2. The molecule has 0 saturated carbocycles. The van der Waals surface area contributed by atoms with Gasteiger partial charge in [0.2, 0.25) is 0 Å². The van der Waals surface area contributed by atoms with Crippen LogP contribution in [0.5, 0.6) is 5.75 Å². The maximum atomic E-state index is 12.3. The van der Waals surface area contributed by atoms with E-state index in [0.29, 0.717) is 22.3 Å². The van der Waals surface area contributed by atoms with Crippen LogP contribution >= 0.6 is 0 Å². The molecule has 2 heterocycles. The van der Waals surface area contributed by atoms with Crippen molar-refractivity contribution in [3.63, 3.8) is 0 Å². The van der Waals surface area contributed by atoms with E-state index in [1.165, 1.54) is 12.4 Å². The zero-order valence-corrected chi connectivity index (χ0v) is 13.0. The van der Waals surface area contributed by atoms with E-state index in [4.69, 9.17) is 9.26 Å². The summed E-state index contributed by atoms with van der Waals surface area (Å²) in [4.78, 5) is 28.0. The normalized spacial score (nSPS) is 10.5. The van der Waals surface area contributed by atoms with Gasteiger partial charge in [-0.15, -0.1) is 0 Å². The van der Waals surface area contributed by atoms with Gasteiger partial charge in [-0.2, -0.15) is 0 Å². The number of carbonyl (C=O) groups is 2. The van der Waals surface area contributed by atoms with Gasteiger partial charge in [-0.1, -0.05) is 5.16 Å². The fraction of sp³-hybridized carbons (Fsp3) is 0.176. The Kier molecular flexibility index (Phi) is 4.51. The summed E-state index contributed by atoms with van der Waals surface area (Å²) < 4.78 is 10.3. The molecule has 24 heavy (non-hydrogen) atoms. The smallest absolute Gasteiger partial charge is 0.251 e. The van der Waals surface area contributed by atoms with Crippen molar-refractivity contribution in [2.45, 2.75) is 6.42 Å². The van der Waals surface area contributed by atoms with E-state index in [0.717, 1.165) is 0 Å². The first kappa shape index (κ1) is 15.7. The van der Waals surface area contributed by atoms with Crippen molar-refractivity contribution in [3.05, 3.63) is 54.0 Å². The molecule has 0 aliphatic heterocycles. The van der Waals surface area contributed by atoms with Gasteiger partial charge in [-0.25, -0.2) is 0 Å². The Morgan fingerprint density at radius 1 is 1.21 bits per heavy atom. The van der Waals surface area contributed by atoms with Gasteiger partial charge in [0, 0.05) is 37.0 Å². The second kappa shape index (κ2) is 6.91. The lowest BCUT2D eigenvalue weighted by Crippen LogP contribution is -2.26. The van der Waals surface area contributed by atoms with Crippen molar-refractivity contribution in [1.29, 1.82) is 0 Å². The van der Waals surface area contributed by atoms with Gasteiger partial charge in [0.25, 0.3) is 5.91 Å². The minimum Gasteiger partial charge on any atom is -0.497 e. The number of fused-ring (bicyclic) bond motifs is 1. The standard InChI is InChI=1S/C17H15N3O4/c1-23-12-2-3-13-15(10-12)24-20-16(13)14(21)6-9-19-17(22)11-4-7-18-8-5-11/h2-5,7-8,10H,6,9H2,1H3,(H,19,22). The number of ether oxygens (including phenoxy) is 1. The van der Waals surface area contributed by atoms with Crippen LogP contribution in [0.15, 0.2) is 47.2 Å². The number of nitrogens with one attached hydrogen (secondary N) is 1. The molecule has 0 unspecified atom stereocenters. The van der Waals surface area contributed by atoms with Crippen molar-refractivity contribution < 1.29 is 18.8 Å². The predicted molar refractivity (Wildman–Crippen MR) is 86.1 cm³/mol. The van der Waals surface area contributed by atoms with Crippen molar-refractivity contribution in [2.75, 3.05) is 13.7 Å². The molecule has 1 amide bonds. The van der Waals surface area contributed by atoms with Crippen LogP contribution in [-0.2, 0) is 0 Å². The molecule has 0 bridgehead atoms. The maximum Gasteiger partial charge on any atom is 0.251 e. The monoisotopic (exact) mass is 325 g/mol. The highest BCUT2D eigenvalue weighted by Crippen LogP contribution is 2.24. The van der Waals surface area contributed by atoms with Crippen LogP contribution in [0.4, 0.5) is 0 Å². The molecule has 2 aromatic heterocycles. The molecular formula is C17H15N3O4. The molecule has 0 atom stereocenters. The molecular weight excluding hydrogens is 310 g/mol. The van der Waals surface area contributed by atoms with E-state index in [1.54, 1.807) is 37.4 Å². The Morgan fingerprint density at radius 3 is 2.75 bits per heavy atom. The largest absolute Gasteiger partial charge is 0.497 e. The molecule has 0 fully saturated rings. The lowest BCUT2D eigenvalue weighted by atomic mass is 10.1. The average molecular weight is 325 g/mol. The van der Waals surface area contributed by atoms with Crippen LogP contribution in [0, 0.1) is 0 Å². The van der Waals surface area contributed by atoms with E-state index < -0.39 is 0 Å². The number of hydrogen-bond donors (Lipinski definition) is 1. The quantitative estimate of drug-likeness (QED) is 0.698. The lowest BCUT2D eigenvalue weighted by Gasteiger charge is -2.03. The van der Waals surface area contributed by atoms with Crippen molar-refractivity contribution in [3.8, 4) is 5.75 Å². The molecule has 1 N–H and O–H groups in total. The third-order valence-corrected chi connectivity index (χ3v) is 3.52. The number of Topliss-reactive ketones (excluding diaryl/α,β-unsaturated/α-hetero) is 1. The third kappa shape index (κ3) is 3.24. The highest BCUT2D eigenvalue weighted by Gasteiger charge is 2.16. The fourth-order valence-electron chi connectivity index (χ4n) is 2.26. The van der Waals surface area contributed by atoms with Crippen LogP contribution in [0.25, 0.3) is 11.0 Å². The zero-order valence-electron chi connectivity index (χ0n) is 13.0. The topological polar surface area (TPSA) is 94.3 Å². The van der Waals surface area contributed by atoms with E-state index in [1.807, 2.05) is 0 Å². The second-order valence-electron chi connectivity index (χ2n) is 5.06. The molecule has 122 valence electrons. The molecule has 7 heteroatoms. The van der Waals surface area contributed by atoms with E-state index in [-0.39, 0.29) is 30.3 Å². The zero-order chi connectivity index (χ0) is 16.9. The Bertz CT molecular complexity index is 874. The molecule has 0 aliphatic carbocycles. The van der Waals surface area contributed by atoms with Gasteiger partial charge in [0.05, 0.1) is 12.5 Å². The van der Waals surface area contributed by atoms with Crippen molar-refractivity contribution >= 4 is 22.7 Å². The minimum absolute atomic E-state index is 0.129. The highest BCUT2D eigenvalue weighted by molar-refractivity contribution is 6.05. The molecule has 0 spiro atoms. The summed E-state index contributed by atoms with van der Waals surface area (Å²) in [5, 5.41) is 7.14. The van der Waals surface area contributed by atoms with Crippen molar-refractivity contribution in [1.82, 2.24) is 15.5 Å². The molecule has 0 aliphatic rings. The Labute approximate surface area is 137 Å². The van der Waals surface area contributed by atoms with Gasteiger partial charge in [0.1, 0.15) is 5.75 Å². The molecule has 3 rings (SSSR count). The molecule has 0 saturated heterocycles. The summed E-state index contributed by atoms with van der Waals surface area (Å²) >= 11 is 0. The van der Waals surface area contributed by atoms with Gasteiger partial charge in [-0.05, 0) is 24.3 Å². The number of benzene rings is 1. The molecule has 0 radical (unpaired) electrons. The Morgan fingerprint density at radius 2 is 2.00 bits per heavy atom. The summed E-state index contributed by atoms with van der Waals surface area (Å²) in [6.45, 7) is 0.213. The second-order valence-corrected chi connectivity index (χ2v) is 5.06. The summed E-state index contributed by atoms with van der Waals surface area (Å²) in [5.41, 5.74) is 1.24. The number of methoxy groups -OCH3 is 1. The predicted octanol–water partition coefficient (Wildman–Crippen LogP) is 2.23. The molecule has 1 aromatic carbocycles. The van der Waals surface area contributed by atoms with Gasteiger partial charge >= 0.3 is 0 Å². The van der Waals surface area contributed by atoms with E-state index >= 15 is 0 Å². The van der Waals surface area contributed by atoms with Crippen molar-refractivity contribution in [2.24, 2.45) is 0 Å². The maximum absolute atomic E-state index is 12.3. The van der Waals surface area contributed by atoms with E-state index in [2.05, 4.69) is 15.5 Å². The van der Waals surface area contributed by atoms with Crippen LogP contribution in [-0.4, -0.2) is 35.5 Å². The lowest BCUT2D eigenvalue weighted by molar-refractivity contribution is 0.0938. The number of carbonyl (C=O) groups excluding carboxylic acids is 2. The fourth-order valence-corrected chi connectivity index (χ4v) is 2.26. The van der Waals surface area contributed by atoms with Crippen LogP contribution < -0.4 is 10.1 Å². The molecule has 3 aromatic rings. The van der Waals surface area contributed by atoms with Crippen LogP contribution in [0.3, 0.4) is 0 Å². The first-order valence-electron chi connectivity index (χ1n) is 7.34. The number of hydrogen-bond acceptors (Lipinski definition) is 6. The first-order chi connectivity index (χ1) is 11.7. The average Bonchev–Trinajstić information content (AvgIpc) is 3.05. The molecule has 7 nitrogen and oxygen atoms in total. The number of amides is 1. The summed E-state index contributed by atoms with van der Waals surface area (Å²) in [6.07, 6.45) is 3.20. The van der Waals surface area contributed by atoms with Crippen LogP contribution in [0.1, 0.15) is 27.3 Å².